The van der Waals surface area contributed by atoms with E-state index in [1.165, 1.54) is 0 Å². The quantitative estimate of drug-likeness (QED) is 0.499. The van der Waals surface area contributed by atoms with Gasteiger partial charge in [-0.2, -0.15) is 5.10 Å². The Bertz CT molecular complexity index is 1230. The molecule has 0 saturated heterocycles. The number of benzene rings is 2. The van der Waals surface area contributed by atoms with Crippen molar-refractivity contribution in [3.63, 3.8) is 0 Å². The molecule has 0 unspecified atom stereocenters. The molecule has 152 valence electrons. The van der Waals surface area contributed by atoms with Crippen LogP contribution in [0.4, 0.5) is 5.69 Å². The number of halogens is 1. The van der Waals surface area contributed by atoms with Crippen LogP contribution in [0.25, 0.3) is 16.6 Å². The van der Waals surface area contributed by atoms with Crippen molar-refractivity contribution in [2.24, 2.45) is 0 Å². The van der Waals surface area contributed by atoms with Crippen LogP contribution >= 0.6 is 11.6 Å². The highest BCUT2D eigenvalue weighted by Gasteiger charge is 2.17. The Labute approximate surface area is 179 Å². The third kappa shape index (κ3) is 3.74. The highest BCUT2D eigenvalue weighted by atomic mass is 35.5. The number of carbonyl (C=O) groups is 1. The van der Waals surface area contributed by atoms with Gasteiger partial charge in [0, 0.05) is 27.9 Å². The summed E-state index contributed by atoms with van der Waals surface area (Å²) in [7, 11) is 1.60. The van der Waals surface area contributed by atoms with E-state index in [-0.39, 0.29) is 12.3 Å². The highest BCUT2D eigenvalue weighted by Crippen LogP contribution is 2.30. The van der Waals surface area contributed by atoms with E-state index in [0.717, 1.165) is 28.0 Å². The molecule has 0 atom stereocenters. The number of amides is 1. The molecule has 2 heterocycles. The highest BCUT2D eigenvalue weighted by molar-refractivity contribution is 6.30. The lowest BCUT2D eigenvalue weighted by Crippen LogP contribution is -2.15. The van der Waals surface area contributed by atoms with E-state index >= 15 is 0 Å². The third-order valence-corrected chi connectivity index (χ3v) is 5.33. The molecule has 1 N–H and O–H groups in total. The standard InChI is InChI=1S/C23H21ClN4O2/c1-14-19(15(2)28(27-14)17-8-6-16(24)7-9-17)13-22(29)26-20-10-11-21(30-3)23-18(20)5-4-12-25-23/h4-12H,13H2,1-3H3,(H,26,29). The Kier molecular flexibility index (Phi) is 5.42. The number of methoxy groups -OCH3 is 1. The molecule has 0 fully saturated rings. The van der Waals surface area contributed by atoms with Gasteiger partial charge in [-0.15, -0.1) is 0 Å². The number of aromatic nitrogens is 3. The van der Waals surface area contributed by atoms with Crippen LogP contribution in [0, 0.1) is 13.8 Å². The van der Waals surface area contributed by atoms with E-state index in [9.17, 15) is 4.79 Å². The van der Waals surface area contributed by atoms with Crippen molar-refractivity contribution in [3.8, 4) is 11.4 Å². The second-order valence-corrected chi connectivity index (χ2v) is 7.41. The Balaban J connectivity index is 1.60. The first-order valence-corrected chi connectivity index (χ1v) is 9.88. The Morgan fingerprint density at radius 1 is 1.13 bits per heavy atom. The second-order valence-electron chi connectivity index (χ2n) is 6.98. The van der Waals surface area contributed by atoms with Gasteiger partial charge < -0.3 is 10.1 Å². The lowest BCUT2D eigenvalue weighted by molar-refractivity contribution is -0.115. The topological polar surface area (TPSA) is 69.0 Å². The molecule has 0 aliphatic carbocycles. The molecule has 6 nitrogen and oxygen atoms in total. The van der Waals surface area contributed by atoms with E-state index in [0.29, 0.717) is 22.0 Å². The summed E-state index contributed by atoms with van der Waals surface area (Å²) < 4.78 is 7.21. The van der Waals surface area contributed by atoms with Gasteiger partial charge in [-0.05, 0) is 62.4 Å². The predicted octanol–water partition coefficient (Wildman–Crippen LogP) is 4.88. The van der Waals surface area contributed by atoms with E-state index in [4.69, 9.17) is 16.3 Å². The molecule has 0 radical (unpaired) electrons. The number of ether oxygens (including phenoxy) is 1. The SMILES string of the molecule is COc1ccc(NC(=O)Cc2c(C)nn(-c3ccc(Cl)cc3)c2C)c2cccnc12. The second kappa shape index (κ2) is 8.16. The number of nitrogens with one attached hydrogen (secondary N) is 1. The van der Waals surface area contributed by atoms with Gasteiger partial charge in [0.05, 0.1) is 30.6 Å². The van der Waals surface area contributed by atoms with Gasteiger partial charge >= 0.3 is 0 Å². The molecule has 0 bridgehead atoms. The molecular formula is C23H21ClN4O2. The van der Waals surface area contributed by atoms with Crippen LogP contribution in [0.1, 0.15) is 17.0 Å². The molecular weight excluding hydrogens is 400 g/mol. The molecule has 1 amide bonds. The summed E-state index contributed by atoms with van der Waals surface area (Å²) in [5, 5.41) is 9.11. The molecule has 7 heteroatoms. The van der Waals surface area contributed by atoms with Crippen molar-refractivity contribution in [1.29, 1.82) is 0 Å². The average Bonchev–Trinajstić information content (AvgIpc) is 3.03. The van der Waals surface area contributed by atoms with E-state index in [2.05, 4.69) is 15.4 Å². The molecule has 4 aromatic rings. The van der Waals surface area contributed by atoms with Gasteiger partial charge in [0.25, 0.3) is 0 Å². The third-order valence-electron chi connectivity index (χ3n) is 5.08. The van der Waals surface area contributed by atoms with Gasteiger partial charge in [-0.25, -0.2) is 4.68 Å². The lowest BCUT2D eigenvalue weighted by Gasteiger charge is -2.11. The Morgan fingerprint density at radius 3 is 2.63 bits per heavy atom. The minimum absolute atomic E-state index is 0.118. The van der Waals surface area contributed by atoms with Crippen molar-refractivity contribution in [2.75, 3.05) is 12.4 Å². The van der Waals surface area contributed by atoms with Crippen LogP contribution in [-0.2, 0) is 11.2 Å². The largest absolute Gasteiger partial charge is 0.494 e. The zero-order chi connectivity index (χ0) is 21.3. The van der Waals surface area contributed by atoms with Crippen LogP contribution < -0.4 is 10.1 Å². The molecule has 4 rings (SSSR count). The molecule has 2 aromatic carbocycles. The van der Waals surface area contributed by atoms with Gasteiger partial charge in [0.2, 0.25) is 5.91 Å². The molecule has 0 saturated carbocycles. The number of rotatable bonds is 5. The summed E-state index contributed by atoms with van der Waals surface area (Å²) in [6.45, 7) is 3.87. The maximum atomic E-state index is 12.9. The number of nitrogens with zero attached hydrogens (tertiary/aromatic N) is 3. The first-order valence-electron chi connectivity index (χ1n) is 9.50. The van der Waals surface area contributed by atoms with E-state index < -0.39 is 0 Å². The number of pyridine rings is 1. The zero-order valence-electron chi connectivity index (χ0n) is 16.9. The number of anilines is 1. The molecule has 0 spiro atoms. The average molecular weight is 421 g/mol. The lowest BCUT2D eigenvalue weighted by atomic mass is 10.1. The van der Waals surface area contributed by atoms with Crippen LogP contribution in [0.3, 0.4) is 0 Å². The number of carbonyl (C=O) groups excluding carboxylic acids is 1. The Hall–Kier alpha value is -3.38. The smallest absolute Gasteiger partial charge is 0.228 e. The normalized spacial score (nSPS) is 10.9. The number of hydrogen-bond donors (Lipinski definition) is 1. The van der Waals surface area contributed by atoms with E-state index in [1.54, 1.807) is 19.4 Å². The van der Waals surface area contributed by atoms with Crippen LogP contribution in [0.15, 0.2) is 54.7 Å². The van der Waals surface area contributed by atoms with Gasteiger partial charge in [-0.3, -0.25) is 9.78 Å². The fourth-order valence-corrected chi connectivity index (χ4v) is 3.67. The summed E-state index contributed by atoms with van der Waals surface area (Å²) in [4.78, 5) is 17.2. The fourth-order valence-electron chi connectivity index (χ4n) is 3.54. The van der Waals surface area contributed by atoms with Crippen molar-refractivity contribution in [2.45, 2.75) is 20.3 Å². The van der Waals surface area contributed by atoms with Crippen LogP contribution in [-0.4, -0.2) is 27.8 Å². The summed E-state index contributed by atoms with van der Waals surface area (Å²) in [5.74, 6) is 0.548. The molecule has 0 aliphatic rings. The van der Waals surface area contributed by atoms with Crippen molar-refractivity contribution < 1.29 is 9.53 Å². The monoisotopic (exact) mass is 420 g/mol. The maximum Gasteiger partial charge on any atom is 0.228 e. The summed E-state index contributed by atoms with van der Waals surface area (Å²) in [6.07, 6.45) is 1.92. The minimum Gasteiger partial charge on any atom is -0.494 e. The van der Waals surface area contributed by atoms with Gasteiger partial charge in [0.1, 0.15) is 11.3 Å². The molecule has 30 heavy (non-hydrogen) atoms. The van der Waals surface area contributed by atoms with E-state index in [1.807, 2.05) is 61.0 Å². The molecule has 2 aromatic heterocycles. The van der Waals surface area contributed by atoms with Gasteiger partial charge in [0.15, 0.2) is 0 Å². The van der Waals surface area contributed by atoms with Crippen molar-refractivity contribution >= 4 is 34.1 Å². The Morgan fingerprint density at radius 2 is 1.90 bits per heavy atom. The van der Waals surface area contributed by atoms with Crippen LogP contribution in [0.2, 0.25) is 5.02 Å². The summed E-state index contributed by atoms with van der Waals surface area (Å²) in [5.41, 5.74) is 4.95. The number of fused-ring (bicyclic) bond motifs is 1. The maximum absolute atomic E-state index is 12.9. The first-order chi connectivity index (χ1) is 14.5. The van der Waals surface area contributed by atoms with Gasteiger partial charge in [-0.1, -0.05) is 11.6 Å². The summed E-state index contributed by atoms with van der Waals surface area (Å²) >= 11 is 5.99. The van der Waals surface area contributed by atoms with Crippen molar-refractivity contribution in [1.82, 2.24) is 14.8 Å². The first kappa shape index (κ1) is 19.9. The fraction of sp³-hybridized carbons (Fsp3) is 0.174. The molecule has 0 aliphatic heterocycles. The van der Waals surface area contributed by atoms with Crippen LogP contribution in [0.5, 0.6) is 5.75 Å². The predicted molar refractivity (Wildman–Crippen MR) is 119 cm³/mol. The summed E-state index contributed by atoms with van der Waals surface area (Å²) in [6, 6.07) is 14.8. The number of aryl methyl sites for hydroxylation is 1. The number of hydrogen-bond acceptors (Lipinski definition) is 4. The zero-order valence-corrected chi connectivity index (χ0v) is 17.7. The van der Waals surface area contributed by atoms with Crippen molar-refractivity contribution in [3.05, 3.63) is 76.7 Å². The minimum atomic E-state index is -0.118.